The van der Waals surface area contributed by atoms with E-state index >= 15 is 0 Å². The second kappa shape index (κ2) is 7.00. The Morgan fingerprint density at radius 2 is 1.74 bits per heavy atom. The van der Waals surface area contributed by atoms with Crippen LogP contribution in [0, 0.1) is 5.82 Å². The summed E-state index contributed by atoms with van der Waals surface area (Å²) < 4.78 is 70.1. The fraction of sp³-hybridized carbons (Fsp3) is 0.143. The standard InChI is InChI=1S/C14H11BrF3NO3S/c15-12-8-4-5-10(13(12)16)9-22-14(17,18)19-23(20,21)11-6-2-1-3-7-11/h1-8,19H,9H2. The normalized spacial score (nSPS) is 12.3. The van der Waals surface area contributed by atoms with Crippen molar-refractivity contribution in [3.63, 3.8) is 0 Å². The average molecular weight is 410 g/mol. The molecule has 9 heteroatoms. The predicted molar refractivity (Wildman–Crippen MR) is 80.6 cm³/mol. The minimum absolute atomic E-state index is 0.0896. The van der Waals surface area contributed by atoms with E-state index in [1.165, 1.54) is 30.3 Å². The van der Waals surface area contributed by atoms with E-state index < -0.39 is 28.7 Å². The summed E-state index contributed by atoms with van der Waals surface area (Å²) in [5.74, 6) is -0.755. The molecule has 0 aromatic heterocycles. The molecule has 0 radical (unpaired) electrons. The smallest absolute Gasteiger partial charge is 0.301 e. The molecule has 124 valence electrons. The maximum Gasteiger partial charge on any atom is 0.435 e. The Kier molecular flexibility index (Phi) is 5.45. The summed E-state index contributed by atoms with van der Waals surface area (Å²) in [6.07, 6.45) is -4.19. The molecule has 0 unspecified atom stereocenters. The molecule has 0 spiro atoms. The molecule has 1 N–H and O–H groups in total. The fourth-order valence-electron chi connectivity index (χ4n) is 1.67. The van der Waals surface area contributed by atoms with Crippen LogP contribution in [0.4, 0.5) is 13.2 Å². The monoisotopic (exact) mass is 409 g/mol. The van der Waals surface area contributed by atoms with Gasteiger partial charge in [-0.2, -0.15) is 8.78 Å². The van der Waals surface area contributed by atoms with E-state index in [2.05, 4.69) is 20.7 Å². The van der Waals surface area contributed by atoms with Crippen LogP contribution in [-0.2, 0) is 21.4 Å². The third kappa shape index (κ3) is 4.77. The third-order valence-corrected chi connectivity index (χ3v) is 4.76. The molecule has 23 heavy (non-hydrogen) atoms. The highest BCUT2D eigenvalue weighted by molar-refractivity contribution is 9.10. The van der Waals surface area contributed by atoms with Gasteiger partial charge in [-0.3, -0.25) is 0 Å². The number of ether oxygens (including phenoxy) is 1. The number of hydrogen-bond donors (Lipinski definition) is 1. The summed E-state index contributed by atoms with van der Waals surface area (Å²) >= 11 is 2.92. The Balaban J connectivity index is 2.09. The van der Waals surface area contributed by atoms with Gasteiger partial charge in [0, 0.05) is 5.56 Å². The number of sulfonamides is 1. The topological polar surface area (TPSA) is 55.4 Å². The second-order valence-corrected chi connectivity index (χ2v) is 6.97. The molecule has 0 saturated heterocycles. The van der Waals surface area contributed by atoms with Gasteiger partial charge in [-0.1, -0.05) is 30.3 Å². The Hall–Kier alpha value is -1.42. The molecule has 0 fully saturated rings. The van der Waals surface area contributed by atoms with Crippen molar-refractivity contribution < 1.29 is 26.3 Å². The Morgan fingerprint density at radius 1 is 1.09 bits per heavy atom. The zero-order valence-corrected chi connectivity index (χ0v) is 13.9. The summed E-state index contributed by atoms with van der Waals surface area (Å²) in [5, 5.41) is 0. The maximum absolute atomic E-state index is 13.7. The third-order valence-electron chi connectivity index (χ3n) is 2.75. The number of benzene rings is 2. The van der Waals surface area contributed by atoms with Gasteiger partial charge < -0.3 is 4.74 Å². The predicted octanol–water partition coefficient (Wildman–Crippen LogP) is 3.63. The van der Waals surface area contributed by atoms with Crippen molar-refractivity contribution in [3.8, 4) is 0 Å². The van der Waals surface area contributed by atoms with Gasteiger partial charge in [0.25, 0.3) is 0 Å². The van der Waals surface area contributed by atoms with Gasteiger partial charge in [0.05, 0.1) is 16.0 Å². The number of alkyl halides is 2. The van der Waals surface area contributed by atoms with Gasteiger partial charge in [0.15, 0.2) is 0 Å². The van der Waals surface area contributed by atoms with Gasteiger partial charge in [0.1, 0.15) is 5.82 Å². The lowest BCUT2D eigenvalue weighted by atomic mass is 10.2. The SMILES string of the molecule is O=S(=O)(NC(F)(F)OCc1cccc(Br)c1F)c1ccccc1. The quantitative estimate of drug-likeness (QED) is 0.585. The van der Waals surface area contributed by atoms with Gasteiger partial charge in [-0.25, -0.2) is 12.8 Å². The van der Waals surface area contributed by atoms with E-state index in [4.69, 9.17) is 0 Å². The lowest BCUT2D eigenvalue weighted by molar-refractivity contribution is -0.253. The molecule has 2 aromatic carbocycles. The van der Waals surface area contributed by atoms with E-state index in [-0.39, 0.29) is 14.9 Å². The number of nitrogens with one attached hydrogen (secondary N) is 1. The van der Waals surface area contributed by atoms with Crippen LogP contribution < -0.4 is 4.72 Å². The molecule has 0 aliphatic carbocycles. The number of halogens is 4. The van der Waals surface area contributed by atoms with Crippen LogP contribution in [0.15, 0.2) is 57.9 Å². The minimum Gasteiger partial charge on any atom is -0.301 e. The fourth-order valence-corrected chi connectivity index (χ4v) is 3.09. The van der Waals surface area contributed by atoms with Gasteiger partial charge in [-0.15, -0.1) is 4.72 Å². The van der Waals surface area contributed by atoms with Crippen molar-refractivity contribution in [1.82, 2.24) is 4.72 Å². The zero-order valence-electron chi connectivity index (χ0n) is 11.5. The van der Waals surface area contributed by atoms with Crippen LogP contribution in [0.3, 0.4) is 0 Å². The van der Waals surface area contributed by atoms with Crippen LogP contribution in [-0.4, -0.2) is 14.7 Å². The Labute approximate surface area is 139 Å². The molecule has 0 amide bonds. The summed E-state index contributed by atoms with van der Waals surface area (Å²) in [5.41, 5.74) is -0.141. The number of hydrogen-bond acceptors (Lipinski definition) is 3. The summed E-state index contributed by atoms with van der Waals surface area (Å²) in [4.78, 5) is -0.336. The van der Waals surface area contributed by atoms with Crippen molar-refractivity contribution in [3.05, 3.63) is 64.4 Å². The first-order valence-electron chi connectivity index (χ1n) is 6.25. The highest BCUT2D eigenvalue weighted by atomic mass is 79.9. The molecule has 2 aromatic rings. The molecule has 0 bridgehead atoms. The van der Waals surface area contributed by atoms with E-state index in [1.807, 2.05) is 0 Å². The van der Waals surface area contributed by atoms with Crippen LogP contribution in [0.1, 0.15) is 5.56 Å². The molecule has 0 aliphatic rings. The molecule has 0 atom stereocenters. The Bertz CT molecular complexity index is 785. The molecule has 0 aliphatic heterocycles. The summed E-state index contributed by atoms with van der Waals surface area (Å²) in [7, 11) is -4.47. The molecular formula is C14H11BrF3NO3S. The lowest BCUT2D eigenvalue weighted by Gasteiger charge is -2.18. The first-order chi connectivity index (χ1) is 10.7. The van der Waals surface area contributed by atoms with Crippen LogP contribution in [0.5, 0.6) is 0 Å². The van der Waals surface area contributed by atoms with Crippen molar-refractivity contribution in [2.75, 3.05) is 0 Å². The molecule has 2 rings (SSSR count). The Morgan fingerprint density at radius 3 is 2.39 bits per heavy atom. The van der Waals surface area contributed by atoms with Gasteiger partial charge in [0.2, 0.25) is 10.0 Å². The van der Waals surface area contributed by atoms with Crippen molar-refractivity contribution in [1.29, 1.82) is 0 Å². The zero-order chi connectivity index (χ0) is 17.1. The highest BCUT2D eigenvalue weighted by Gasteiger charge is 2.37. The highest BCUT2D eigenvalue weighted by Crippen LogP contribution is 2.23. The van der Waals surface area contributed by atoms with Crippen molar-refractivity contribution >= 4 is 26.0 Å². The molecule has 0 saturated carbocycles. The lowest BCUT2D eigenvalue weighted by Crippen LogP contribution is -2.43. The van der Waals surface area contributed by atoms with E-state index in [0.29, 0.717) is 0 Å². The summed E-state index contributed by atoms with van der Waals surface area (Å²) in [6.45, 7) is -0.810. The number of rotatable bonds is 6. The van der Waals surface area contributed by atoms with Gasteiger partial charge >= 0.3 is 6.23 Å². The van der Waals surface area contributed by atoms with E-state index in [0.717, 1.165) is 16.9 Å². The van der Waals surface area contributed by atoms with Crippen LogP contribution in [0.25, 0.3) is 0 Å². The van der Waals surface area contributed by atoms with Crippen LogP contribution in [0.2, 0.25) is 0 Å². The summed E-state index contributed by atoms with van der Waals surface area (Å²) in [6, 6.07) is 10.7. The van der Waals surface area contributed by atoms with E-state index in [9.17, 15) is 21.6 Å². The largest absolute Gasteiger partial charge is 0.435 e. The maximum atomic E-state index is 13.7. The molecular weight excluding hydrogens is 399 g/mol. The van der Waals surface area contributed by atoms with Crippen LogP contribution >= 0.6 is 15.9 Å². The first-order valence-corrected chi connectivity index (χ1v) is 8.52. The van der Waals surface area contributed by atoms with Crippen molar-refractivity contribution in [2.24, 2.45) is 0 Å². The molecule has 0 heterocycles. The van der Waals surface area contributed by atoms with Gasteiger partial charge in [-0.05, 0) is 34.1 Å². The minimum atomic E-state index is -4.47. The van der Waals surface area contributed by atoms with Crippen molar-refractivity contribution in [2.45, 2.75) is 17.7 Å². The molecule has 4 nitrogen and oxygen atoms in total. The average Bonchev–Trinajstić information content (AvgIpc) is 2.49. The second-order valence-electron chi connectivity index (χ2n) is 4.44. The first kappa shape index (κ1) is 17.9. The van der Waals surface area contributed by atoms with E-state index in [1.54, 1.807) is 6.07 Å².